The predicted molar refractivity (Wildman–Crippen MR) is 99.9 cm³/mol. The fourth-order valence-electron chi connectivity index (χ4n) is 2.66. The summed E-state index contributed by atoms with van der Waals surface area (Å²) >= 11 is 0. The highest BCUT2D eigenvalue weighted by Crippen LogP contribution is 2.25. The molecule has 3 aromatic rings. The molecule has 10 nitrogen and oxygen atoms in total. The van der Waals surface area contributed by atoms with E-state index >= 15 is 0 Å². The van der Waals surface area contributed by atoms with Gasteiger partial charge in [-0.1, -0.05) is 13.8 Å². The second-order valence-electron chi connectivity index (χ2n) is 6.78. The summed E-state index contributed by atoms with van der Waals surface area (Å²) in [5.41, 5.74) is 6.22. The van der Waals surface area contributed by atoms with Crippen molar-refractivity contribution < 1.29 is 32.8 Å². The van der Waals surface area contributed by atoms with Gasteiger partial charge in [0.1, 0.15) is 11.9 Å². The lowest BCUT2D eigenvalue weighted by Crippen LogP contribution is -2.37. The first-order valence-corrected chi connectivity index (χ1v) is 8.90. The number of aromatic nitrogens is 3. The fraction of sp³-hybridized carbons (Fsp3) is 0.316. The second kappa shape index (κ2) is 8.41. The molecule has 0 saturated heterocycles. The number of nitrogens with two attached hydrogens (primary N) is 1. The molecule has 11 heteroatoms. The van der Waals surface area contributed by atoms with Crippen molar-refractivity contribution in [3.63, 3.8) is 0 Å². The average Bonchev–Trinajstić information content (AvgIpc) is 3.35. The molecular weight excluding hydrogens is 399 g/mol. The first-order chi connectivity index (χ1) is 14.2. The summed E-state index contributed by atoms with van der Waals surface area (Å²) in [5, 5.41) is 3.63. The zero-order valence-electron chi connectivity index (χ0n) is 16.4. The maximum atomic E-state index is 13.8. The number of esters is 2. The number of nitrogens with zero attached hydrogens (tertiary/aromatic N) is 3. The first-order valence-electron chi connectivity index (χ1n) is 8.90. The van der Waals surface area contributed by atoms with Crippen molar-refractivity contribution in [1.82, 2.24) is 14.7 Å². The summed E-state index contributed by atoms with van der Waals surface area (Å²) in [4.78, 5) is 40.0. The Kier molecular flexibility index (Phi) is 5.92. The Labute approximate surface area is 169 Å². The molecule has 158 valence electrons. The molecule has 1 atom stereocenters. The number of rotatable bonds is 7. The third-order valence-corrected chi connectivity index (χ3v) is 4.41. The summed E-state index contributed by atoms with van der Waals surface area (Å²) in [6, 6.07) is 2.99. The van der Waals surface area contributed by atoms with Crippen LogP contribution >= 0.6 is 0 Å². The van der Waals surface area contributed by atoms with Gasteiger partial charge in [-0.05, 0) is 29.3 Å². The molecular formula is C19H19FN4O6. The van der Waals surface area contributed by atoms with Gasteiger partial charge in [-0.3, -0.25) is 9.59 Å². The van der Waals surface area contributed by atoms with Crippen LogP contribution in [0.15, 0.2) is 28.9 Å². The van der Waals surface area contributed by atoms with Crippen molar-refractivity contribution in [2.24, 2.45) is 11.7 Å². The number of methoxy groups -OCH3 is 1. The molecule has 0 aliphatic rings. The molecule has 2 aromatic heterocycles. The fourth-order valence-corrected chi connectivity index (χ4v) is 2.66. The van der Waals surface area contributed by atoms with Crippen LogP contribution in [0.3, 0.4) is 0 Å². The molecule has 0 fully saturated rings. The van der Waals surface area contributed by atoms with E-state index in [-0.39, 0.29) is 23.6 Å². The molecule has 2 heterocycles. The molecule has 3 rings (SSSR count). The van der Waals surface area contributed by atoms with E-state index in [4.69, 9.17) is 15.0 Å². The lowest BCUT2D eigenvalue weighted by atomic mass is 10.1. The van der Waals surface area contributed by atoms with Crippen LogP contribution in [0.2, 0.25) is 0 Å². The van der Waals surface area contributed by atoms with Gasteiger partial charge in [0.15, 0.2) is 6.73 Å². The number of carbonyl (C=O) groups excluding carboxylic acids is 3. The van der Waals surface area contributed by atoms with Gasteiger partial charge in [0.25, 0.3) is 17.5 Å². The van der Waals surface area contributed by atoms with E-state index < -0.39 is 41.3 Å². The van der Waals surface area contributed by atoms with Crippen LogP contribution in [0.25, 0.3) is 10.9 Å². The Morgan fingerprint density at radius 2 is 2.03 bits per heavy atom. The van der Waals surface area contributed by atoms with Gasteiger partial charge >= 0.3 is 11.9 Å². The van der Waals surface area contributed by atoms with Crippen molar-refractivity contribution in [3.05, 3.63) is 47.5 Å². The Balaban J connectivity index is 1.94. The summed E-state index contributed by atoms with van der Waals surface area (Å²) in [7, 11) is 1.13. The molecule has 0 spiro atoms. The molecule has 0 radical (unpaired) electrons. The van der Waals surface area contributed by atoms with Crippen molar-refractivity contribution in [2.45, 2.75) is 26.6 Å². The molecule has 0 aliphatic carbocycles. The van der Waals surface area contributed by atoms with E-state index in [0.29, 0.717) is 5.52 Å². The number of fused-ring (bicyclic) bond motifs is 1. The molecule has 1 unspecified atom stereocenters. The Morgan fingerprint density at radius 3 is 2.70 bits per heavy atom. The monoisotopic (exact) mass is 418 g/mol. The minimum Gasteiger partial charge on any atom is -0.463 e. The van der Waals surface area contributed by atoms with E-state index in [0.717, 1.165) is 13.2 Å². The number of hydrogen-bond acceptors (Lipinski definition) is 9. The van der Waals surface area contributed by atoms with E-state index in [1.54, 1.807) is 13.8 Å². The summed E-state index contributed by atoms with van der Waals surface area (Å²) < 4.78 is 29.8. The van der Waals surface area contributed by atoms with Gasteiger partial charge in [-0.15, -0.1) is 0 Å². The van der Waals surface area contributed by atoms with Gasteiger partial charge in [-0.25, -0.2) is 9.18 Å². The standard InChI is InChI=1S/C19H19FN4O6/c1-9(2)14(21)18(26)29-8-24-7-12(11-6-10(20)4-5-13(11)24)15(25)17-22-16(23-30-17)19(27)28-3/h4-7,9,14H,8,21H2,1-3H3. The quantitative estimate of drug-likeness (QED) is 0.448. The van der Waals surface area contributed by atoms with Crippen molar-refractivity contribution >= 4 is 28.6 Å². The van der Waals surface area contributed by atoms with Gasteiger partial charge in [-0.2, -0.15) is 4.98 Å². The summed E-state index contributed by atoms with van der Waals surface area (Å²) in [6.07, 6.45) is 1.36. The van der Waals surface area contributed by atoms with Crippen molar-refractivity contribution in [3.8, 4) is 0 Å². The van der Waals surface area contributed by atoms with Crippen LogP contribution in [0.5, 0.6) is 0 Å². The molecule has 2 N–H and O–H groups in total. The number of ether oxygens (including phenoxy) is 2. The van der Waals surface area contributed by atoms with E-state index in [2.05, 4.69) is 14.9 Å². The van der Waals surface area contributed by atoms with Crippen molar-refractivity contribution in [1.29, 1.82) is 0 Å². The van der Waals surface area contributed by atoms with E-state index in [9.17, 15) is 18.8 Å². The first kappa shape index (κ1) is 21.1. The maximum absolute atomic E-state index is 13.8. The van der Waals surface area contributed by atoms with Crippen LogP contribution < -0.4 is 5.73 Å². The van der Waals surface area contributed by atoms with Crippen molar-refractivity contribution in [2.75, 3.05) is 7.11 Å². The van der Waals surface area contributed by atoms with Crippen LogP contribution in [0, 0.1) is 11.7 Å². The molecule has 0 bridgehead atoms. The molecule has 0 saturated carbocycles. The lowest BCUT2D eigenvalue weighted by molar-refractivity contribution is -0.150. The largest absolute Gasteiger partial charge is 0.463 e. The highest BCUT2D eigenvalue weighted by atomic mass is 19.1. The van der Waals surface area contributed by atoms with Gasteiger partial charge < -0.3 is 24.3 Å². The zero-order valence-corrected chi connectivity index (χ0v) is 16.4. The number of benzene rings is 1. The predicted octanol–water partition coefficient (Wildman–Crippen LogP) is 1.66. The van der Waals surface area contributed by atoms with Gasteiger partial charge in [0, 0.05) is 11.6 Å². The Hall–Kier alpha value is -3.60. The molecule has 0 aliphatic heterocycles. The Bertz CT molecular complexity index is 1120. The summed E-state index contributed by atoms with van der Waals surface area (Å²) in [6.45, 7) is 3.32. The highest BCUT2D eigenvalue weighted by Gasteiger charge is 2.25. The smallest absolute Gasteiger partial charge is 0.379 e. The molecule has 30 heavy (non-hydrogen) atoms. The van der Waals surface area contributed by atoms with Crippen LogP contribution in [-0.4, -0.2) is 45.6 Å². The van der Waals surface area contributed by atoms with Gasteiger partial charge in [0.2, 0.25) is 0 Å². The number of halogens is 1. The van der Waals surface area contributed by atoms with Crippen LogP contribution in [0.4, 0.5) is 4.39 Å². The normalized spacial score (nSPS) is 12.2. The lowest BCUT2D eigenvalue weighted by Gasteiger charge is -2.15. The minimum atomic E-state index is -0.875. The summed E-state index contributed by atoms with van der Waals surface area (Å²) in [5.74, 6) is -3.82. The zero-order chi connectivity index (χ0) is 22.0. The number of ketones is 1. The highest BCUT2D eigenvalue weighted by molar-refractivity contribution is 6.14. The average molecular weight is 418 g/mol. The topological polar surface area (TPSA) is 140 Å². The van der Waals surface area contributed by atoms with E-state index in [1.807, 2.05) is 0 Å². The van der Waals surface area contributed by atoms with Gasteiger partial charge in [0.05, 0.1) is 18.2 Å². The third kappa shape index (κ3) is 4.06. The maximum Gasteiger partial charge on any atom is 0.379 e. The third-order valence-electron chi connectivity index (χ3n) is 4.41. The SMILES string of the molecule is COC(=O)c1noc(C(=O)c2cn(COC(=O)C(N)C(C)C)c3ccc(F)cc23)n1. The molecule has 0 amide bonds. The number of carbonyl (C=O) groups is 3. The van der Waals surface area contributed by atoms with E-state index in [1.165, 1.54) is 22.9 Å². The van der Waals surface area contributed by atoms with Crippen LogP contribution in [0.1, 0.15) is 40.7 Å². The number of hydrogen-bond donors (Lipinski definition) is 1. The minimum absolute atomic E-state index is 0.0220. The second-order valence-corrected chi connectivity index (χ2v) is 6.78. The molecule has 1 aromatic carbocycles. The Morgan fingerprint density at radius 1 is 1.30 bits per heavy atom. The van der Waals surface area contributed by atoms with Crippen LogP contribution in [-0.2, 0) is 21.0 Å².